The number of nitrogens with zero attached hydrogens (tertiary/aromatic N) is 2. The molecule has 0 amide bonds. The van der Waals surface area contributed by atoms with Gasteiger partial charge in [-0.3, -0.25) is 0 Å². The number of hydrogen-bond donors (Lipinski definition) is 0. The van der Waals surface area contributed by atoms with E-state index >= 15 is 0 Å². The topological polar surface area (TPSA) is 53.2 Å². The van der Waals surface area contributed by atoms with Gasteiger partial charge in [-0.1, -0.05) is 0 Å². The quantitative estimate of drug-likeness (QED) is 0.749. The van der Waals surface area contributed by atoms with Gasteiger partial charge in [-0.2, -0.15) is 0 Å². The van der Waals surface area contributed by atoms with Crippen LogP contribution in [0.4, 0.5) is 0 Å². The molecule has 0 unspecified atom stereocenters. The SMILES string of the molecule is COCCn1c(=O)n(C2(C)CCC2)c(=O)c2c(C)c([CH]=[Mn])sc21. The van der Waals surface area contributed by atoms with Crippen LogP contribution >= 0.6 is 11.3 Å². The Morgan fingerprint density at radius 3 is 2.61 bits per heavy atom. The van der Waals surface area contributed by atoms with E-state index in [2.05, 4.69) is 15.6 Å². The van der Waals surface area contributed by atoms with Gasteiger partial charge in [-0.05, 0) is 0 Å². The van der Waals surface area contributed by atoms with Crippen molar-refractivity contribution in [3.8, 4) is 0 Å². The van der Waals surface area contributed by atoms with Crippen LogP contribution in [0.5, 0.6) is 0 Å². The van der Waals surface area contributed by atoms with Crippen LogP contribution in [0.2, 0.25) is 0 Å². The van der Waals surface area contributed by atoms with Crippen LogP contribution < -0.4 is 11.2 Å². The second-order valence-corrected chi connectivity index (χ2v) is 7.67. The molecule has 125 valence electrons. The number of rotatable bonds is 5. The van der Waals surface area contributed by atoms with Crippen molar-refractivity contribution in [2.75, 3.05) is 13.7 Å². The fourth-order valence-electron chi connectivity index (χ4n) is 3.24. The first-order chi connectivity index (χ1) is 10.9. The Kier molecular flexibility index (Phi) is 4.49. The van der Waals surface area contributed by atoms with E-state index in [1.165, 1.54) is 15.9 Å². The Morgan fingerprint density at radius 1 is 1.39 bits per heavy atom. The van der Waals surface area contributed by atoms with E-state index in [0.717, 1.165) is 34.5 Å². The van der Waals surface area contributed by atoms with Crippen LogP contribution in [-0.2, 0) is 32.4 Å². The summed E-state index contributed by atoms with van der Waals surface area (Å²) in [6, 6.07) is 0. The van der Waals surface area contributed by atoms with Crippen LogP contribution in [0.3, 0.4) is 0 Å². The molecule has 1 fully saturated rings. The van der Waals surface area contributed by atoms with Crippen molar-refractivity contribution in [1.29, 1.82) is 0 Å². The first-order valence-corrected chi connectivity index (χ1v) is 9.16. The number of hydrogen-bond acceptors (Lipinski definition) is 4. The van der Waals surface area contributed by atoms with Crippen molar-refractivity contribution in [2.45, 2.75) is 45.2 Å². The van der Waals surface area contributed by atoms with Crippen LogP contribution in [0.1, 0.15) is 36.6 Å². The molecule has 0 bridgehead atoms. The molecule has 0 spiro atoms. The molecule has 1 saturated carbocycles. The van der Waals surface area contributed by atoms with Gasteiger partial charge in [0.25, 0.3) is 0 Å². The Balaban J connectivity index is 2.41. The van der Waals surface area contributed by atoms with E-state index in [9.17, 15) is 9.59 Å². The Morgan fingerprint density at radius 2 is 2.09 bits per heavy atom. The average Bonchev–Trinajstić information content (AvgIpc) is 2.82. The summed E-state index contributed by atoms with van der Waals surface area (Å²) < 4.78 is 8.32. The molecular formula is C16H20MnN2O3S. The first-order valence-electron chi connectivity index (χ1n) is 7.66. The van der Waals surface area contributed by atoms with E-state index in [0.29, 0.717) is 18.5 Å². The number of ether oxygens (including phenoxy) is 1. The third kappa shape index (κ3) is 2.50. The van der Waals surface area contributed by atoms with Gasteiger partial charge in [0.1, 0.15) is 0 Å². The normalized spacial score (nSPS) is 16.5. The number of methoxy groups -OCH3 is 1. The molecule has 3 rings (SSSR count). The molecule has 0 atom stereocenters. The fraction of sp³-hybridized carbons (Fsp3) is 0.562. The van der Waals surface area contributed by atoms with Gasteiger partial charge in [-0.15, -0.1) is 0 Å². The van der Waals surface area contributed by atoms with E-state index in [-0.39, 0.29) is 16.8 Å². The molecule has 1 aliphatic rings. The summed E-state index contributed by atoms with van der Waals surface area (Å²) in [6.07, 6.45) is 2.80. The zero-order valence-electron chi connectivity index (χ0n) is 13.5. The zero-order valence-corrected chi connectivity index (χ0v) is 15.5. The molecule has 23 heavy (non-hydrogen) atoms. The van der Waals surface area contributed by atoms with Crippen LogP contribution in [0, 0.1) is 6.92 Å². The second kappa shape index (κ2) is 6.13. The van der Waals surface area contributed by atoms with Crippen LogP contribution in [-0.4, -0.2) is 27.8 Å². The van der Waals surface area contributed by atoms with Gasteiger partial charge in [-0.25, -0.2) is 0 Å². The summed E-state index contributed by atoms with van der Waals surface area (Å²) in [5.74, 6) is 0. The molecule has 0 saturated heterocycles. The minimum absolute atomic E-state index is 0.157. The summed E-state index contributed by atoms with van der Waals surface area (Å²) in [4.78, 5) is 29.6. The van der Waals surface area contributed by atoms with Crippen molar-refractivity contribution in [3.05, 3.63) is 31.3 Å². The third-order valence-electron chi connectivity index (χ3n) is 4.84. The molecule has 0 N–H and O–H groups in total. The summed E-state index contributed by atoms with van der Waals surface area (Å²) in [6.45, 7) is 4.83. The fourth-order valence-corrected chi connectivity index (χ4v) is 4.83. The summed E-state index contributed by atoms with van der Waals surface area (Å²) in [5, 5.41) is 0.657. The predicted molar refractivity (Wildman–Crippen MR) is 89.6 cm³/mol. The minimum atomic E-state index is -0.357. The molecule has 0 radical (unpaired) electrons. The van der Waals surface area contributed by atoms with Crippen molar-refractivity contribution >= 4 is 26.5 Å². The third-order valence-corrected chi connectivity index (χ3v) is 6.66. The van der Waals surface area contributed by atoms with Crippen molar-refractivity contribution in [3.63, 3.8) is 0 Å². The van der Waals surface area contributed by atoms with E-state index in [4.69, 9.17) is 4.74 Å². The van der Waals surface area contributed by atoms with Crippen molar-refractivity contribution in [2.24, 2.45) is 0 Å². The molecule has 0 aliphatic heterocycles. The van der Waals surface area contributed by atoms with Crippen LogP contribution in [0.15, 0.2) is 9.59 Å². The van der Waals surface area contributed by atoms with Gasteiger partial charge in [0.2, 0.25) is 0 Å². The molecule has 1 aliphatic carbocycles. The number of aromatic nitrogens is 2. The summed E-state index contributed by atoms with van der Waals surface area (Å²) in [5.41, 5.74) is 0.193. The van der Waals surface area contributed by atoms with Crippen molar-refractivity contribution < 1.29 is 20.3 Å². The predicted octanol–water partition coefficient (Wildman–Crippen LogP) is 1.78. The first kappa shape index (κ1) is 16.8. The monoisotopic (exact) mass is 375 g/mol. The van der Waals surface area contributed by atoms with E-state index in [1.807, 2.05) is 18.8 Å². The molecule has 0 aromatic carbocycles. The molecule has 2 heterocycles. The summed E-state index contributed by atoms with van der Waals surface area (Å²) in [7, 11) is 1.61. The van der Waals surface area contributed by atoms with Gasteiger partial charge in [0.05, 0.1) is 0 Å². The second-order valence-electron chi connectivity index (χ2n) is 6.30. The van der Waals surface area contributed by atoms with Gasteiger partial charge in [0, 0.05) is 0 Å². The molecular weight excluding hydrogens is 355 g/mol. The van der Waals surface area contributed by atoms with Gasteiger partial charge in [0.15, 0.2) is 0 Å². The standard InChI is InChI=1S/C16H20N2O3S.Mn/c1-10-11(2)22-14-12(10)13(19)18(16(3)6-5-7-16)15(20)17(14)8-9-21-4;/h2H,5-9H2,1,3-4H3;. The van der Waals surface area contributed by atoms with Gasteiger partial charge < -0.3 is 0 Å². The summed E-state index contributed by atoms with van der Waals surface area (Å²) >= 11 is 4.82. The Hall–Kier alpha value is -1.01. The Bertz CT molecular complexity index is 889. The number of aryl methyl sites for hydroxylation is 1. The maximum atomic E-state index is 13.1. The van der Waals surface area contributed by atoms with E-state index in [1.54, 1.807) is 11.7 Å². The maximum absolute atomic E-state index is 13.1. The molecule has 2 aromatic heterocycles. The Labute approximate surface area is 146 Å². The van der Waals surface area contributed by atoms with Crippen molar-refractivity contribution in [1.82, 2.24) is 9.13 Å². The van der Waals surface area contributed by atoms with E-state index < -0.39 is 0 Å². The average molecular weight is 375 g/mol. The number of thiophene rings is 1. The molecule has 5 nitrogen and oxygen atoms in total. The van der Waals surface area contributed by atoms with Gasteiger partial charge >= 0.3 is 146 Å². The zero-order chi connectivity index (χ0) is 16.8. The molecule has 2 aromatic rings. The number of fused-ring (bicyclic) bond motifs is 1. The molecule has 7 heteroatoms. The van der Waals surface area contributed by atoms with Crippen LogP contribution in [0.25, 0.3) is 10.2 Å².